The molecule has 0 aliphatic rings. The van der Waals surface area contributed by atoms with Gasteiger partial charge in [0.25, 0.3) is 5.91 Å². The number of imidazole rings is 1. The molecule has 2 heterocycles. The molecule has 0 aliphatic carbocycles. The van der Waals surface area contributed by atoms with E-state index in [0.717, 1.165) is 5.56 Å². The fourth-order valence-corrected chi connectivity index (χ4v) is 3.32. The Morgan fingerprint density at radius 2 is 2.00 bits per heavy atom. The summed E-state index contributed by atoms with van der Waals surface area (Å²) in [5.74, 6) is 1.61. The smallest absolute Gasteiger partial charge is 0.271 e. The van der Waals surface area contributed by atoms with Crippen LogP contribution in [0.4, 0.5) is 0 Å². The molecular formula is C18H21N5O3S. The van der Waals surface area contributed by atoms with Crippen LogP contribution in [0.2, 0.25) is 0 Å². The number of methoxy groups -OCH3 is 2. The standard InChI is InChI=1S/C18H21N5O3S/c1-23-5-4-20-17(23)16(11-6-12(25-2)8-13(7-11)26-3)22-18(24)14-10-27-15(9-19)21-14/h4-8,10,16H,9,19H2,1-3H3,(H,22,24). The molecule has 0 radical (unpaired) electrons. The van der Waals surface area contributed by atoms with Crippen molar-refractivity contribution in [3.05, 3.63) is 58.1 Å². The predicted molar refractivity (Wildman–Crippen MR) is 102 cm³/mol. The van der Waals surface area contributed by atoms with E-state index in [9.17, 15) is 4.79 Å². The summed E-state index contributed by atoms with van der Waals surface area (Å²) in [7, 11) is 5.03. The van der Waals surface area contributed by atoms with Crippen LogP contribution >= 0.6 is 11.3 Å². The number of ether oxygens (including phenoxy) is 2. The van der Waals surface area contributed by atoms with E-state index in [4.69, 9.17) is 15.2 Å². The number of carbonyl (C=O) groups excluding carboxylic acids is 1. The van der Waals surface area contributed by atoms with Gasteiger partial charge in [-0.15, -0.1) is 11.3 Å². The summed E-state index contributed by atoms with van der Waals surface area (Å²) in [4.78, 5) is 21.4. The molecule has 27 heavy (non-hydrogen) atoms. The predicted octanol–water partition coefficient (Wildman–Crippen LogP) is 1.87. The van der Waals surface area contributed by atoms with Crippen molar-refractivity contribution < 1.29 is 14.3 Å². The van der Waals surface area contributed by atoms with E-state index in [0.29, 0.717) is 34.6 Å². The summed E-state index contributed by atoms with van der Waals surface area (Å²) in [6, 6.07) is 4.95. The summed E-state index contributed by atoms with van der Waals surface area (Å²) in [5.41, 5.74) is 6.70. The first-order valence-corrected chi connectivity index (χ1v) is 9.09. The average molecular weight is 387 g/mol. The molecule has 8 nitrogen and oxygen atoms in total. The minimum Gasteiger partial charge on any atom is -0.497 e. The normalized spacial score (nSPS) is 11.9. The highest BCUT2D eigenvalue weighted by molar-refractivity contribution is 7.09. The van der Waals surface area contributed by atoms with Gasteiger partial charge in [-0.25, -0.2) is 9.97 Å². The topological polar surface area (TPSA) is 104 Å². The van der Waals surface area contributed by atoms with Crippen LogP contribution in [0.15, 0.2) is 36.0 Å². The number of benzene rings is 1. The fraction of sp³-hybridized carbons (Fsp3) is 0.278. The lowest BCUT2D eigenvalue weighted by Crippen LogP contribution is -2.31. The van der Waals surface area contributed by atoms with Gasteiger partial charge in [-0.05, 0) is 17.7 Å². The molecule has 1 unspecified atom stereocenters. The van der Waals surface area contributed by atoms with E-state index >= 15 is 0 Å². The van der Waals surface area contributed by atoms with Crippen molar-refractivity contribution in [3.63, 3.8) is 0 Å². The van der Waals surface area contributed by atoms with E-state index in [1.807, 2.05) is 29.9 Å². The Hall–Kier alpha value is -2.91. The van der Waals surface area contributed by atoms with Crippen molar-refractivity contribution >= 4 is 17.2 Å². The fourth-order valence-electron chi connectivity index (χ4n) is 2.66. The highest BCUT2D eigenvalue weighted by Crippen LogP contribution is 2.29. The van der Waals surface area contributed by atoms with E-state index < -0.39 is 6.04 Å². The van der Waals surface area contributed by atoms with Crippen LogP contribution in [-0.4, -0.2) is 34.7 Å². The molecule has 3 N–H and O–H groups in total. The summed E-state index contributed by atoms with van der Waals surface area (Å²) in [6.07, 6.45) is 3.50. The minimum atomic E-state index is -0.510. The summed E-state index contributed by atoms with van der Waals surface area (Å²) >= 11 is 1.36. The van der Waals surface area contributed by atoms with Crippen LogP contribution in [0, 0.1) is 0 Å². The molecule has 0 saturated heterocycles. The van der Waals surface area contributed by atoms with Crippen molar-refractivity contribution in [1.29, 1.82) is 0 Å². The molecule has 1 atom stereocenters. The van der Waals surface area contributed by atoms with Crippen LogP contribution in [0.5, 0.6) is 11.5 Å². The Balaban J connectivity index is 1.99. The number of hydrogen-bond donors (Lipinski definition) is 2. The number of nitrogens with two attached hydrogens (primary N) is 1. The van der Waals surface area contributed by atoms with E-state index in [-0.39, 0.29) is 5.91 Å². The molecule has 0 saturated carbocycles. The zero-order valence-corrected chi connectivity index (χ0v) is 16.1. The molecule has 0 aliphatic heterocycles. The average Bonchev–Trinajstić information content (AvgIpc) is 3.34. The molecule has 9 heteroatoms. The van der Waals surface area contributed by atoms with Crippen molar-refractivity contribution in [2.75, 3.05) is 14.2 Å². The lowest BCUT2D eigenvalue weighted by Gasteiger charge is -2.20. The molecular weight excluding hydrogens is 366 g/mol. The van der Waals surface area contributed by atoms with Gasteiger partial charge in [0.05, 0.1) is 14.2 Å². The lowest BCUT2D eigenvalue weighted by molar-refractivity contribution is 0.0936. The van der Waals surface area contributed by atoms with Gasteiger partial charge >= 0.3 is 0 Å². The second-order valence-electron chi connectivity index (χ2n) is 5.78. The molecule has 1 amide bonds. The zero-order valence-electron chi connectivity index (χ0n) is 15.3. The molecule has 2 aromatic heterocycles. The number of rotatable bonds is 7. The van der Waals surface area contributed by atoms with Crippen LogP contribution in [-0.2, 0) is 13.6 Å². The van der Waals surface area contributed by atoms with E-state index in [1.54, 1.807) is 31.9 Å². The maximum atomic E-state index is 12.8. The molecule has 142 valence electrons. The maximum Gasteiger partial charge on any atom is 0.271 e. The van der Waals surface area contributed by atoms with Crippen LogP contribution in [0.25, 0.3) is 0 Å². The molecule has 3 aromatic rings. The molecule has 0 spiro atoms. The number of thiazole rings is 1. The third-order valence-electron chi connectivity index (χ3n) is 4.06. The summed E-state index contributed by atoms with van der Waals surface area (Å²) < 4.78 is 12.6. The van der Waals surface area contributed by atoms with Gasteiger partial charge in [-0.2, -0.15) is 0 Å². The van der Waals surface area contributed by atoms with Crippen molar-refractivity contribution in [3.8, 4) is 11.5 Å². The van der Waals surface area contributed by atoms with Crippen LogP contribution < -0.4 is 20.5 Å². The van der Waals surface area contributed by atoms with Gasteiger partial charge in [-0.3, -0.25) is 4.79 Å². The number of hydrogen-bond acceptors (Lipinski definition) is 7. The Bertz CT molecular complexity index is 914. The Morgan fingerprint density at radius 1 is 1.30 bits per heavy atom. The van der Waals surface area contributed by atoms with Crippen molar-refractivity contribution in [2.45, 2.75) is 12.6 Å². The number of nitrogens with zero attached hydrogens (tertiary/aromatic N) is 3. The Morgan fingerprint density at radius 3 is 2.52 bits per heavy atom. The molecule has 0 bridgehead atoms. The quantitative estimate of drug-likeness (QED) is 0.641. The number of nitrogens with one attached hydrogen (secondary N) is 1. The van der Waals surface area contributed by atoms with E-state index in [2.05, 4.69) is 15.3 Å². The van der Waals surface area contributed by atoms with Gasteiger partial charge < -0.3 is 25.1 Å². The zero-order chi connectivity index (χ0) is 19.4. The van der Waals surface area contributed by atoms with Gasteiger partial charge in [0, 0.05) is 37.4 Å². The SMILES string of the molecule is COc1cc(OC)cc(C(NC(=O)c2csc(CN)n2)c2nccn2C)c1. The minimum absolute atomic E-state index is 0.299. The molecule has 3 rings (SSSR count). The summed E-state index contributed by atoms with van der Waals surface area (Å²) in [5, 5.41) is 5.40. The number of aromatic nitrogens is 3. The van der Waals surface area contributed by atoms with Crippen LogP contribution in [0.1, 0.15) is 32.9 Å². The first-order chi connectivity index (χ1) is 13.0. The highest BCUT2D eigenvalue weighted by Gasteiger charge is 2.24. The van der Waals surface area contributed by atoms with Gasteiger partial charge in [0.1, 0.15) is 34.1 Å². The monoisotopic (exact) mass is 387 g/mol. The Labute approximate surface area is 161 Å². The number of carbonyl (C=O) groups is 1. The Kier molecular flexibility index (Phi) is 5.72. The van der Waals surface area contributed by atoms with Crippen molar-refractivity contribution in [1.82, 2.24) is 19.9 Å². The second-order valence-corrected chi connectivity index (χ2v) is 6.72. The highest BCUT2D eigenvalue weighted by atomic mass is 32.1. The van der Waals surface area contributed by atoms with Gasteiger partial charge in [0.15, 0.2) is 0 Å². The molecule has 1 aromatic carbocycles. The molecule has 0 fully saturated rings. The summed E-state index contributed by atoms with van der Waals surface area (Å²) in [6.45, 7) is 0.299. The van der Waals surface area contributed by atoms with Crippen molar-refractivity contribution in [2.24, 2.45) is 12.8 Å². The maximum absolute atomic E-state index is 12.8. The number of aryl methyl sites for hydroxylation is 1. The first kappa shape index (κ1) is 18.9. The van der Waals surface area contributed by atoms with Crippen LogP contribution in [0.3, 0.4) is 0 Å². The van der Waals surface area contributed by atoms with E-state index in [1.165, 1.54) is 11.3 Å². The first-order valence-electron chi connectivity index (χ1n) is 8.21. The number of amides is 1. The third kappa shape index (κ3) is 4.09. The second kappa shape index (κ2) is 8.19. The van der Waals surface area contributed by atoms with Gasteiger partial charge in [-0.1, -0.05) is 0 Å². The lowest BCUT2D eigenvalue weighted by atomic mass is 10.0. The third-order valence-corrected chi connectivity index (χ3v) is 4.93. The largest absolute Gasteiger partial charge is 0.497 e. The van der Waals surface area contributed by atoms with Gasteiger partial charge in [0.2, 0.25) is 0 Å².